The van der Waals surface area contributed by atoms with Crippen molar-refractivity contribution in [2.45, 2.75) is 0 Å². The van der Waals surface area contributed by atoms with Crippen LogP contribution in [0.1, 0.15) is 0 Å². The molecule has 1 aromatic rings. The molecule has 0 aliphatic rings. The highest BCUT2D eigenvalue weighted by Crippen LogP contribution is 2.18. The summed E-state index contributed by atoms with van der Waals surface area (Å²) in [6, 6.07) is 1.21. The topological polar surface area (TPSA) is 88.3 Å². The molecule has 0 atom stereocenters. The third kappa shape index (κ3) is 2.43. The Morgan fingerprint density at radius 3 is 3.00 bits per heavy atom. The molecule has 7 heteroatoms. The van der Waals surface area contributed by atoms with Crippen LogP contribution in [-0.2, 0) is 0 Å². The van der Waals surface area contributed by atoms with Crippen LogP contribution in [0.5, 0.6) is 0 Å². The van der Waals surface area contributed by atoms with Crippen LogP contribution >= 0.6 is 0 Å². The van der Waals surface area contributed by atoms with Crippen LogP contribution in [-0.4, -0.2) is 36.0 Å². The van der Waals surface area contributed by atoms with Crippen LogP contribution in [0.2, 0.25) is 0 Å². The van der Waals surface area contributed by atoms with Crippen molar-refractivity contribution in [3.8, 4) is 0 Å². The summed E-state index contributed by atoms with van der Waals surface area (Å²) in [6.07, 6.45) is 1.31. The van der Waals surface area contributed by atoms with Gasteiger partial charge in [-0.05, 0) is 0 Å². The Kier molecular flexibility index (Phi) is 3.41. The Balaban J connectivity index is 2.96. The van der Waals surface area contributed by atoms with Gasteiger partial charge in [0.25, 0.3) is 0 Å². The summed E-state index contributed by atoms with van der Waals surface area (Å²) in [5.41, 5.74) is 0.0321. The van der Waals surface area contributed by atoms with Gasteiger partial charge in [0.2, 0.25) is 5.82 Å². The Morgan fingerprint density at radius 1 is 1.71 bits per heavy atom. The van der Waals surface area contributed by atoms with Gasteiger partial charge in [0.15, 0.2) is 0 Å². The van der Waals surface area contributed by atoms with Crippen molar-refractivity contribution in [1.82, 2.24) is 4.98 Å². The quantitative estimate of drug-likeness (QED) is 0.370. The van der Waals surface area contributed by atoms with Crippen LogP contribution in [0, 0.1) is 10.1 Å². The van der Waals surface area contributed by atoms with Gasteiger partial charge in [-0.3, -0.25) is 10.1 Å². The van der Waals surface area contributed by atoms with Crippen LogP contribution in [0.4, 0.5) is 11.5 Å². The number of pyridine rings is 1. The monoisotopic (exact) mass is 193 g/mol. The maximum Gasteiger partial charge on any atom is 0.310 e. The standard InChI is InChI=1S/C7H8BN3O3/c8-5-3-6(11(13)14)7(10-4-5)9-1-2-12/h3-4,12H,1-2H2,(H,9,10). The lowest BCUT2D eigenvalue weighted by atomic mass is 9.98. The first kappa shape index (κ1) is 10.5. The molecule has 0 aliphatic heterocycles. The molecule has 0 bridgehead atoms. The summed E-state index contributed by atoms with van der Waals surface area (Å²) >= 11 is 0. The minimum atomic E-state index is -0.580. The number of aromatic nitrogens is 1. The van der Waals surface area contributed by atoms with Gasteiger partial charge in [-0.2, -0.15) is 0 Å². The van der Waals surface area contributed by atoms with E-state index in [1.165, 1.54) is 12.3 Å². The van der Waals surface area contributed by atoms with Gasteiger partial charge in [-0.25, -0.2) is 4.98 Å². The number of aliphatic hydroxyl groups excluding tert-OH is 1. The Hall–Kier alpha value is -1.63. The fourth-order valence-electron chi connectivity index (χ4n) is 0.918. The second-order valence-electron chi connectivity index (χ2n) is 2.54. The lowest BCUT2D eigenvalue weighted by molar-refractivity contribution is -0.384. The first-order valence-electron chi connectivity index (χ1n) is 3.90. The van der Waals surface area contributed by atoms with Crippen molar-refractivity contribution >= 4 is 24.8 Å². The van der Waals surface area contributed by atoms with Crippen molar-refractivity contribution < 1.29 is 10.0 Å². The Morgan fingerprint density at radius 2 is 2.43 bits per heavy atom. The van der Waals surface area contributed by atoms with Crippen LogP contribution in [0.25, 0.3) is 0 Å². The molecule has 1 rings (SSSR count). The number of nitrogens with one attached hydrogen (secondary N) is 1. The third-order valence-corrected chi connectivity index (χ3v) is 1.49. The molecule has 0 unspecified atom stereocenters. The van der Waals surface area contributed by atoms with E-state index in [-0.39, 0.29) is 30.1 Å². The predicted molar refractivity (Wildman–Crippen MR) is 51.9 cm³/mol. The third-order valence-electron chi connectivity index (χ3n) is 1.49. The molecule has 6 nitrogen and oxygen atoms in total. The Labute approximate surface area is 81.5 Å². The molecule has 0 aromatic carbocycles. The van der Waals surface area contributed by atoms with Gasteiger partial charge in [0, 0.05) is 18.8 Å². The number of nitrogens with zero attached hydrogens (tertiary/aromatic N) is 2. The summed E-state index contributed by atoms with van der Waals surface area (Å²) in [4.78, 5) is 13.7. The first-order chi connectivity index (χ1) is 6.65. The molecule has 0 saturated carbocycles. The highest BCUT2D eigenvalue weighted by atomic mass is 16.6. The molecule has 0 fully saturated rings. The summed E-state index contributed by atoms with van der Waals surface area (Å²) in [6.45, 7) is 0.0843. The van der Waals surface area contributed by atoms with Crippen molar-refractivity contribution in [3.05, 3.63) is 22.4 Å². The summed E-state index contributed by atoms with van der Waals surface area (Å²) < 4.78 is 0. The van der Waals surface area contributed by atoms with E-state index in [2.05, 4.69) is 10.3 Å². The molecule has 0 spiro atoms. The van der Waals surface area contributed by atoms with E-state index >= 15 is 0 Å². The van der Waals surface area contributed by atoms with Gasteiger partial charge in [0.1, 0.15) is 7.85 Å². The summed E-state index contributed by atoms with van der Waals surface area (Å²) in [5.74, 6) is 0.109. The largest absolute Gasteiger partial charge is 0.395 e. The van der Waals surface area contributed by atoms with Crippen LogP contribution in [0.15, 0.2) is 12.3 Å². The van der Waals surface area contributed by atoms with E-state index in [0.29, 0.717) is 0 Å². The highest BCUT2D eigenvalue weighted by molar-refractivity contribution is 6.32. The van der Waals surface area contributed by atoms with Crippen molar-refractivity contribution in [2.75, 3.05) is 18.5 Å². The van der Waals surface area contributed by atoms with Gasteiger partial charge in [-0.1, -0.05) is 5.46 Å². The molecule has 1 heterocycles. The predicted octanol–water partition coefficient (Wildman–Crippen LogP) is -0.812. The molecule has 1 aromatic heterocycles. The number of hydrogen-bond donors (Lipinski definition) is 2. The van der Waals surface area contributed by atoms with Gasteiger partial charge < -0.3 is 10.4 Å². The zero-order valence-corrected chi connectivity index (χ0v) is 7.30. The number of rotatable bonds is 4. The van der Waals surface area contributed by atoms with Crippen molar-refractivity contribution in [3.63, 3.8) is 0 Å². The first-order valence-corrected chi connectivity index (χ1v) is 3.90. The van der Waals surface area contributed by atoms with Crippen LogP contribution < -0.4 is 10.8 Å². The van der Waals surface area contributed by atoms with E-state index in [9.17, 15) is 10.1 Å². The zero-order chi connectivity index (χ0) is 10.6. The normalized spacial score (nSPS) is 9.79. The van der Waals surface area contributed by atoms with E-state index in [0.717, 1.165) is 0 Å². The summed E-state index contributed by atoms with van der Waals surface area (Å²) in [7, 11) is 5.35. The Bertz CT molecular complexity index is 345. The number of aliphatic hydroxyl groups is 1. The van der Waals surface area contributed by atoms with E-state index in [1.54, 1.807) is 0 Å². The summed E-state index contributed by atoms with van der Waals surface area (Å²) in [5, 5.41) is 21.7. The molecular weight excluding hydrogens is 185 g/mol. The van der Waals surface area contributed by atoms with Crippen molar-refractivity contribution in [2.24, 2.45) is 0 Å². The fraction of sp³-hybridized carbons (Fsp3) is 0.286. The molecule has 0 aliphatic carbocycles. The molecule has 0 saturated heterocycles. The van der Waals surface area contributed by atoms with Crippen molar-refractivity contribution in [1.29, 1.82) is 0 Å². The number of anilines is 1. The van der Waals surface area contributed by atoms with E-state index in [4.69, 9.17) is 13.0 Å². The maximum atomic E-state index is 10.5. The number of nitro groups is 1. The van der Waals surface area contributed by atoms with Gasteiger partial charge in [-0.15, -0.1) is 0 Å². The molecule has 0 amide bonds. The zero-order valence-electron chi connectivity index (χ0n) is 7.30. The average Bonchev–Trinajstić information content (AvgIpc) is 2.15. The second-order valence-corrected chi connectivity index (χ2v) is 2.54. The molecule has 2 radical (unpaired) electrons. The van der Waals surface area contributed by atoms with Crippen LogP contribution in [0.3, 0.4) is 0 Å². The maximum absolute atomic E-state index is 10.5. The number of hydrogen-bond acceptors (Lipinski definition) is 5. The molecule has 72 valence electrons. The van der Waals surface area contributed by atoms with E-state index < -0.39 is 4.92 Å². The van der Waals surface area contributed by atoms with E-state index in [1.807, 2.05) is 0 Å². The molecule has 14 heavy (non-hydrogen) atoms. The highest BCUT2D eigenvalue weighted by Gasteiger charge is 2.14. The lowest BCUT2D eigenvalue weighted by Gasteiger charge is -2.04. The second kappa shape index (κ2) is 4.57. The molecule has 2 N–H and O–H groups in total. The smallest absolute Gasteiger partial charge is 0.310 e. The minimum absolute atomic E-state index is 0.109. The fourth-order valence-corrected chi connectivity index (χ4v) is 0.918. The molecular formula is C7H8BN3O3. The van der Waals surface area contributed by atoms with Gasteiger partial charge in [0.05, 0.1) is 11.5 Å². The lowest BCUT2D eigenvalue weighted by Crippen LogP contribution is -2.12. The average molecular weight is 193 g/mol. The van der Waals surface area contributed by atoms with Gasteiger partial charge >= 0.3 is 5.69 Å². The minimum Gasteiger partial charge on any atom is -0.395 e. The SMILES string of the molecule is [B]c1cnc(NCCO)c([N+](=O)[O-])c1.